The highest BCUT2D eigenvalue weighted by atomic mass is 16.6. The van der Waals surface area contributed by atoms with Crippen molar-refractivity contribution in [1.82, 2.24) is 19.5 Å². The lowest BCUT2D eigenvalue weighted by atomic mass is 9.93. The van der Waals surface area contributed by atoms with Crippen LogP contribution in [0, 0.1) is 18.3 Å². The van der Waals surface area contributed by atoms with Crippen molar-refractivity contribution >= 4 is 33.9 Å². The topological polar surface area (TPSA) is 114 Å². The number of carbonyl (C=O) groups is 2. The second-order valence-corrected chi connectivity index (χ2v) is 9.48. The maximum atomic E-state index is 13.7. The Bertz CT molecular complexity index is 1490. The Hall–Kier alpha value is -3.99. The van der Waals surface area contributed by atoms with Crippen LogP contribution in [0.5, 0.6) is 0 Å². The van der Waals surface area contributed by atoms with Crippen molar-refractivity contribution < 1.29 is 14.3 Å². The summed E-state index contributed by atoms with van der Waals surface area (Å²) in [6, 6.07) is 7.43. The van der Waals surface area contributed by atoms with Gasteiger partial charge in [-0.2, -0.15) is 5.26 Å². The minimum absolute atomic E-state index is 0.157. The van der Waals surface area contributed by atoms with Crippen LogP contribution in [-0.2, 0) is 4.74 Å². The summed E-state index contributed by atoms with van der Waals surface area (Å²) in [5, 5.41) is 9.82. The standard InChI is InChI=1S/C25H23N5O3/c1-13-9-17(15-5-6-15)19(16-7-8-30(20(13)16)24(32)33-25(2,3)4)21(31)23-28-18-10-14(11-26)12-27-22(18)29-23/h7-10,12,15H,5-6H2,1-4H3,(H,27,28,29). The zero-order chi connectivity index (χ0) is 23.5. The Labute approximate surface area is 190 Å². The smallest absolute Gasteiger partial charge is 0.419 e. The van der Waals surface area contributed by atoms with E-state index in [1.54, 1.807) is 18.3 Å². The van der Waals surface area contributed by atoms with Crippen LogP contribution in [0.3, 0.4) is 0 Å². The number of fused-ring (bicyclic) bond motifs is 2. The Morgan fingerprint density at radius 2 is 2.03 bits per heavy atom. The molecule has 3 aromatic heterocycles. The molecule has 1 aromatic carbocycles. The molecule has 0 bridgehead atoms. The maximum absolute atomic E-state index is 13.7. The van der Waals surface area contributed by atoms with Crippen LogP contribution in [0.4, 0.5) is 4.79 Å². The molecule has 1 fully saturated rings. The van der Waals surface area contributed by atoms with Gasteiger partial charge in [0.2, 0.25) is 5.78 Å². The summed E-state index contributed by atoms with van der Waals surface area (Å²) >= 11 is 0. The van der Waals surface area contributed by atoms with Crippen molar-refractivity contribution in [2.24, 2.45) is 0 Å². The van der Waals surface area contributed by atoms with E-state index in [0.29, 0.717) is 39.1 Å². The van der Waals surface area contributed by atoms with Crippen LogP contribution in [0.1, 0.15) is 72.4 Å². The van der Waals surface area contributed by atoms with E-state index >= 15 is 0 Å². The molecule has 0 saturated heterocycles. The van der Waals surface area contributed by atoms with Crippen molar-refractivity contribution in [3.63, 3.8) is 0 Å². The third kappa shape index (κ3) is 3.65. The van der Waals surface area contributed by atoms with Gasteiger partial charge in [-0.15, -0.1) is 0 Å². The number of aryl methyl sites for hydroxylation is 1. The Balaban J connectivity index is 1.68. The summed E-state index contributed by atoms with van der Waals surface area (Å²) in [6.07, 6.45) is 4.64. The molecule has 1 N–H and O–H groups in total. The molecule has 5 rings (SSSR count). The van der Waals surface area contributed by atoms with Gasteiger partial charge < -0.3 is 9.72 Å². The van der Waals surface area contributed by atoms with E-state index in [0.717, 1.165) is 24.0 Å². The molecule has 33 heavy (non-hydrogen) atoms. The normalized spacial score (nSPS) is 13.9. The molecule has 8 nitrogen and oxygen atoms in total. The van der Waals surface area contributed by atoms with Crippen LogP contribution in [0.25, 0.3) is 22.1 Å². The molecule has 3 heterocycles. The number of aromatic nitrogens is 4. The number of carbonyl (C=O) groups excluding carboxylic acids is 2. The second kappa shape index (κ2) is 7.27. The highest BCUT2D eigenvalue weighted by Crippen LogP contribution is 2.45. The van der Waals surface area contributed by atoms with Crippen LogP contribution >= 0.6 is 0 Å². The number of rotatable bonds is 3. The fourth-order valence-electron chi connectivity index (χ4n) is 4.18. The largest absolute Gasteiger partial charge is 0.443 e. The highest BCUT2D eigenvalue weighted by Gasteiger charge is 2.33. The molecule has 1 aliphatic rings. The Morgan fingerprint density at radius 1 is 1.27 bits per heavy atom. The molecule has 0 spiro atoms. The molecule has 0 atom stereocenters. The Kier molecular flexibility index (Phi) is 4.60. The van der Waals surface area contributed by atoms with Gasteiger partial charge in [0.05, 0.1) is 11.1 Å². The van der Waals surface area contributed by atoms with Gasteiger partial charge in [0.1, 0.15) is 17.2 Å². The van der Waals surface area contributed by atoms with Gasteiger partial charge in [-0.3, -0.25) is 9.36 Å². The van der Waals surface area contributed by atoms with Gasteiger partial charge in [-0.25, -0.2) is 14.8 Å². The number of nitrogens with one attached hydrogen (secondary N) is 1. The van der Waals surface area contributed by atoms with Crippen molar-refractivity contribution in [2.45, 2.75) is 52.1 Å². The van der Waals surface area contributed by atoms with E-state index in [2.05, 4.69) is 15.0 Å². The number of imidazole rings is 1. The first-order valence-corrected chi connectivity index (χ1v) is 10.8. The lowest BCUT2D eigenvalue weighted by Gasteiger charge is -2.20. The quantitative estimate of drug-likeness (QED) is 0.448. The second-order valence-electron chi connectivity index (χ2n) is 9.48. The molecule has 4 aromatic rings. The summed E-state index contributed by atoms with van der Waals surface area (Å²) in [5.74, 6) is 0.203. The third-order valence-corrected chi connectivity index (χ3v) is 5.71. The number of benzene rings is 1. The van der Waals surface area contributed by atoms with Gasteiger partial charge in [0.25, 0.3) is 0 Å². The van der Waals surface area contributed by atoms with Crippen molar-refractivity contribution in [3.05, 3.63) is 58.7 Å². The molecule has 1 aliphatic carbocycles. The number of ketones is 1. The van der Waals surface area contributed by atoms with Crippen molar-refractivity contribution in [1.29, 1.82) is 5.26 Å². The number of hydrogen-bond donors (Lipinski definition) is 1. The first-order chi connectivity index (χ1) is 15.7. The van der Waals surface area contributed by atoms with Gasteiger partial charge >= 0.3 is 6.09 Å². The molecule has 1 saturated carbocycles. The predicted molar refractivity (Wildman–Crippen MR) is 122 cm³/mol. The summed E-state index contributed by atoms with van der Waals surface area (Å²) in [6.45, 7) is 7.39. The molecule has 0 unspecified atom stereocenters. The number of pyridine rings is 1. The molecule has 0 aliphatic heterocycles. The van der Waals surface area contributed by atoms with Crippen molar-refractivity contribution in [2.75, 3.05) is 0 Å². The van der Waals surface area contributed by atoms with Crippen LogP contribution in [0.2, 0.25) is 0 Å². The SMILES string of the molecule is Cc1cc(C2CC2)c(C(=O)c2nc3cc(C#N)cnc3[nH]2)c2ccn(C(=O)OC(C)(C)C)c12. The van der Waals surface area contributed by atoms with Gasteiger partial charge in [0.15, 0.2) is 11.5 Å². The lowest BCUT2D eigenvalue weighted by molar-refractivity contribution is 0.0544. The summed E-state index contributed by atoms with van der Waals surface area (Å²) in [5.41, 5.74) is 3.71. The molecular weight excluding hydrogens is 418 g/mol. The minimum Gasteiger partial charge on any atom is -0.443 e. The number of hydrogen-bond acceptors (Lipinski definition) is 6. The van der Waals surface area contributed by atoms with E-state index in [1.165, 1.54) is 10.8 Å². The van der Waals surface area contributed by atoms with E-state index < -0.39 is 11.7 Å². The van der Waals surface area contributed by atoms with E-state index in [1.807, 2.05) is 39.8 Å². The fourth-order valence-corrected chi connectivity index (χ4v) is 4.18. The fraction of sp³-hybridized carbons (Fsp3) is 0.320. The monoisotopic (exact) mass is 441 g/mol. The zero-order valence-electron chi connectivity index (χ0n) is 18.9. The molecule has 0 amide bonds. The number of ether oxygens (including phenoxy) is 1. The summed E-state index contributed by atoms with van der Waals surface area (Å²) < 4.78 is 7.03. The number of H-pyrrole nitrogens is 1. The molecule has 166 valence electrons. The van der Waals surface area contributed by atoms with E-state index in [9.17, 15) is 9.59 Å². The molecule has 0 radical (unpaired) electrons. The third-order valence-electron chi connectivity index (χ3n) is 5.71. The van der Waals surface area contributed by atoms with Crippen LogP contribution < -0.4 is 0 Å². The Morgan fingerprint density at radius 3 is 2.70 bits per heavy atom. The van der Waals surface area contributed by atoms with E-state index in [-0.39, 0.29) is 11.6 Å². The minimum atomic E-state index is -0.641. The average Bonchev–Trinajstić information content (AvgIpc) is 3.35. The molecule has 8 heteroatoms. The predicted octanol–water partition coefficient (Wildman–Crippen LogP) is 4.98. The first-order valence-electron chi connectivity index (χ1n) is 10.8. The van der Waals surface area contributed by atoms with Crippen LogP contribution in [-0.4, -0.2) is 37.0 Å². The average molecular weight is 441 g/mol. The maximum Gasteiger partial charge on any atom is 0.419 e. The zero-order valence-corrected chi connectivity index (χ0v) is 18.9. The highest BCUT2D eigenvalue weighted by molar-refractivity contribution is 6.17. The lowest BCUT2D eigenvalue weighted by Crippen LogP contribution is -2.26. The first kappa shape index (κ1) is 20.9. The number of aromatic amines is 1. The van der Waals surface area contributed by atoms with Gasteiger partial charge in [-0.05, 0) is 69.7 Å². The van der Waals surface area contributed by atoms with Gasteiger partial charge in [-0.1, -0.05) is 6.07 Å². The number of nitrogens with zero attached hydrogens (tertiary/aromatic N) is 4. The summed E-state index contributed by atoms with van der Waals surface area (Å²) in [7, 11) is 0. The van der Waals surface area contributed by atoms with Crippen LogP contribution in [0.15, 0.2) is 30.6 Å². The molecular formula is C25H23N5O3. The summed E-state index contributed by atoms with van der Waals surface area (Å²) in [4.78, 5) is 38.2. The number of nitriles is 1. The van der Waals surface area contributed by atoms with E-state index in [4.69, 9.17) is 10.00 Å². The van der Waals surface area contributed by atoms with Crippen molar-refractivity contribution in [3.8, 4) is 6.07 Å². The van der Waals surface area contributed by atoms with Gasteiger partial charge in [0, 0.05) is 23.3 Å².